The topological polar surface area (TPSA) is 75.5 Å². The fourth-order valence-electron chi connectivity index (χ4n) is 3.22. The van der Waals surface area contributed by atoms with E-state index in [1.165, 1.54) is 20.0 Å². The fourth-order valence-corrected chi connectivity index (χ4v) is 3.22. The molecule has 8 heteroatoms. The molecule has 0 aliphatic carbocycles. The highest BCUT2D eigenvalue weighted by Crippen LogP contribution is 2.22. The molecule has 3 heterocycles. The Bertz CT molecular complexity index is 946. The van der Waals surface area contributed by atoms with E-state index in [0.717, 1.165) is 6.07 Å². The molecule has 138 valence electrons. The van der Waals surface area contributed by atoms with Crippen molar-refractivity contribution in [2.24, 2.45) is 0 Å². The van der Waals surface area contributed by atoms with Crippen LogP contribution in [0, 0.1) is 5.82 Å². The molecular weight excluding hydrogens is 339 g/mol. The molecular formula is C18H21FN4O3. The maximum Gasteiger partial charge on any atom is 0.219 e. The number of Topliss-reactive ketones (excluding diaryl/α,β-unsaturated/α-hetero) is 1. The van der Waals surface area contributed by atoms with Crippen molar-refractivity contribution < 1.29 is 14.0 Å². The SMILES string of the molecule is CCn1cc(C(C)=O)c(=O)c2cc(F)c(N3CCN(C(C)=O)CC3)nc21. The average Bonchev–Trinajstić information content (AvgIpc) is 2.62. The summed E-state index contributed by atoms with van der Waals surface area (Å²) in [5, 5.41) is 0.100. The molecule has 0 spiro atoms. The first-order valence-electron chi connectivity index (χ1n) is 8.58. The molecule has 0 atom stereocenters. The Hall–Kier alpha value is -2.77. The highest BCUT2D eigenvalue weighted by molar-refractivity contribution is 5.96. The summed E-state index contributed by atoms with van der Waals surface area (Å²) in [6.45, 7) is 7.12. The molecule has 0 bridgehead atoms. The first-order valence-corrected chi connectivity index (χ1v) is 8.58. The molecule has 0 unspecified atom stereocenters. The predicted octanol–water partition coefficient (Wildman–Crippen LogP) is 1.43. The summed E-state index contributed by atoms with van der Waals surface area (Å²) in [4.78, 5) is 43.5. The van der Waals surface area contributed by atoms with Gasteiger partial charge in [0.25, 0.3) is 0 Å². The van der Waals surface area contributed by atoms with Crippen molar-refractivity contribution >= 4 is 28.5 Å². The van der Waals surface area contributed by atoms with E-state index < -0.39 is 11.2 Å². The van der Waals surface area contributed by atoms with E-state index in [2.05, 4.69) is 4.98 Å². The van der Waals surface area contributed by atoms with Crippen molar-refractivity contribution in [1.29, 1.82) is 0 Å². The largest absolute Gasteiger partial charge is 0.351 e. The molecule has 1 amide bonds. The lowest BCUT2D eigenvalue weighted by molar-refractivity contribution is -0.129. The third-order valence-corrected chi connectivity index (χ3v) is 4.73. The van der Waals surface area contributed by atoms with Crippen LogP contribution in [0.1, 0.15) is 31.1 Å². The number of carbonyl (C=O) groups excluding carboxylic acids is 2. The Morgan fingerprint density at radius 2 is 1.85 bits per heavy atom. The molecule has 1 fully saturated rings. The highest BCUT2D eigenvalue weighted by Gasteiger charge is 2.24. The summed E-state index contributed by atoms with van der Waals surface area (Å²) in [7, 11) is 0. The zero-order valence-electron chi connectivity index (χ0n) is 15.1. The summed E-state index contributed by atoms with van der Waals surface area (Å²) in [5.74, 6) is -0.802. The van der Waals surface area contributed by atoms with Gasteiger partial charge >= 0.3 is 0 Å². The van der Waals surface area contributed by atoms with Gasteiger partial charge in [0, 0.05) is 45.8 Å². The summed E-state index contributed by atoms with van der Waals surface area (Å²) < 4.78 is 16.4. The molecule has 1 aliphatic heterocycles. The van der Waals surface area contributed by atoms with Crippen molar-refractivity contribution in [3.63, 3.8) is 0 Å². The third kappa shape index (κ3) is 3.07. The minimum atomic E-state index is -0.603. The summed E-state index contributed by atoms with van der Waals surface area (Å²) >= 11 is 0. The van der Waals surface area contributed by atoms with Crippen molar-refractivity contribution in [2.45, 2.75) is 27.3 Å². The van der Waals surface area contributed by atoms with Crippen LogP contribution in [0.2, 0.25) is 0 Å². The number of hydrogen-bond acceptors (Lipinski definition) is 5. The molecule has 2 aromatic rings. The Kier molecular flexibility index (Phi) is 4.76. The van der Waals surface area contributed by atoms with Crippen LogP contribution in [0.25, 0.3) is 11.0 Å². The van der Waals surface area contributed by atoms with Crippen molar-refractivity contribution in [2.75, 3.05) is 31.1 Å². The van der Waals surface area contributed by atoms with Crippen LogP contribution >= 0.6 is 0 Å². The maximum absolute atomic E-state index is 14.7. The number of halogens is 1. The lowest BCUT2D eigenvalue weighted by atomic mass is 10.1. The van der Waals surface area contributed by atoms with Gasteiger partial charge in [-0.3, -0.25) is 14.4 Å². The number of pyridine rings is 2. The Balaban J connectivity index is 2.08. The first-order chi connectivity index (χ1) is 12.3. The van der Waals surface area contributed by atoms with Gasteiger partial charge in [0.15, 0.2) is 17.4 Å². The van der Waals surface area contributed by atoms with E-state index in [1.807, 2.05) is 6.92 Å². The van der Waals surface area contributed by atoms with Crippen LogP contribution < -0.4 is 10.3 Å². The van der Waals surface area contributed by atoms with Crippen molar-refractivity contribution in [1.82, 2.24) is 14.5 Å². The molecule has 0 N–H and O–H groups in total. The van der Waals surface area contributed by atoms with Gasteiger partial charge in [0.1, 0.15) is 5.65 Å². The highest BCUT2D eigenvalue weighted by atomic mass is 19.1. The van der Waals surface area contributed by atoms with Gasteiger partial charge in [-0.25, -0.2) is 9.37 Å². The van der Waals surface area contributed by atoms with Gasteiger partial charge in [0.05, 0.1) is 10.9 Å². The Morgan fingerprint density at radius 1 is 1.19 bits per heavy atom. The van der Waals surface area contributed by atoms with Gasteiger partial charge < -0.3 is 14.4 Å². The van der Waals surface area contributed by atoms with Crippen LogP contribution in [0.4, 0.5) is 10.2 Å². The van der Waals surface area contributed by atoms with E-state index in [0.29, 0.717) is 38.4 Å². The molecule has 1 aliphatic rings. The average molecular weight is 360 g/mol. The molecule has 26 heavy (non-hydrogen) atoms. The number of aryl methyl sites for hydroxylation is 1. The molecule has 3 rings (SSSR count). The molecule has 1 saturated heterocycles. The minimum absolute atomic E-state index is 0.00632. The maximum atomic E-state index is 14.7. The van der Waals surface area contributed by atoms with Gasteiger partial charge in [-0.2, -0.15) is 0 Å². The number of fused-ring (bicyclic) bond motifs is 1. The Morgan fingerprint density at radius 3 is 2.38 bits per heavy atom. The van der Waals surface area contributed by atoms with Crippen LogP contribution in [-0.2, 0) is 11.3 Å². The zero-order chi connectivity index (χ0) is 19.0. The number of anilines is 1. The second kappa shape index (κ2) is 6.86. The molecule has 0 aromatic carbocycles. The predicted molar refractivity (Wildman–Crippen MR) is 96.1 cm³/mol. The number of hydrogen-bond donors (Lipinski definition) is 0. The third-order valence-electron chi connectivity index (χ3n) is 4.73. The summed E-state index contributed by atoms with van der Waals surface area (Å²) in [6, 6.07) is 1.16. The number of carbonyl (C=O) groups is 2. The van der Waals surface area contributed by atoms with E-state index in [1.54, 1.807) is 14.4 Å². The second-order valence-electron chi connectivity index (χ2n) is 6.37. The van der Waals surface area contributed by atoms with E-state index >= 15 is 0 Å². The van der Waals surface area contributed by atoms with E-state index in [9.17, 15) is 18.8 Å². The normalized spacial score (nSPS) is 14.8. The summed E-state index contributed by atoms with van der Waals surface area (Å²) in [5.41, 5.74) is -0.118. The number of piperazine rings is 1. The van der Waals surface area contributed by atoms with E-state index in [4.69, 9.17) is 0 Å². The fraction of sp³-hybridized carbons (Fsp3) is 0.444. The first kappa shape index (κ1) is 18.0. The van der Waals surface area contributed by atoms with Crippen molar-refractivity contribution in [3.05, 3.63) is 33.9 Å². The van der Waals surface area contributed by atoms with Gasteiger partial charge in [0.2, 0.25) is 11.3 Å². The van der Waals surface area contributed by atoms with Gasteiger partial charge in [-0.05, 0) is 19.9 Å². The van der Waals surface area contributed by atoms with Crippen molar-refractivity contribution in [3.8, 4) is 0 Å². The molecule has 2 aromatic heterocycles. The summed E-state index contributed by atoms with van der Waals surface area (Å²) in [6.07, 6.45) is 1.48. The van der Waals surface area contributed by atoms with Crippen LogP contribution in [0.3, 0.4) is 0 Å². The molecule has 7 nitrogen and oxygen atoms in total. The number of rotatable bonds is 3. The molecule has 0 radical (unpaired) electrons. The lowest BCUT2D eigenvalue weighted by Gasteiger charge is -2.35. The number of ketones is 1. The van der Waals surface area contributed by atoms with Gasteiger partial charge in [-0.1, -0.05) is 0 Å². The second-order valence-corrected chi connectivity index (χ2v) is 6.37. The minimum Gasteiger partial charge on any atom is -0.351 e. The van der Waals surface area contributed by atoms with Gasteiger partial charge in [-0.15, -0.1) is 0 Å². The van der Waals surface area contributed by atoms with Crippen LogP contribution in [-0.4, -0.2) is 52.3 Å². The number of nitrogens with zero attached hydrogens (tertiary/aromatic N) is 4. The number of aromatic nitrogens is 2. The van der Waals surface area contributed by atoms with Crippen LogP contribution in [0.5, 0.6) is 0 Å². The van der Waals surface area contributed by atoms with Crippen LogP contribution in [0.15, 0.2) is 17.1 Å². The Labute approximate surface area is 150 Å². The molecule has 0 saturated carbocycles. The smallest absolute Gasteiger partial charge is 0.219 e. The number of amides is 1. The van der Waals surface area contributed by atoms with E-state index in [-0.39, 0.29) is 28.5 Å². The standard InChI is InChI=1S/C18H21FN4O3/c1-4-21-10-14(11(2)24)16(26)13-9-15(19)18(20-17(13)21)23-7-5-22(6-8-23)12(3)25/h9-10H,4-8H2,1-3H3. The monoisotopic (exact) mass is 360 g/mol. The quantitative estimate of drug-likeness (QED) is 0.774. The lowest BCUT2D eigenvalue weighted by Crippen LogP contribution is -2.48. The zero-order valence-corrected chi connectivity index (χ0v) is 15.1.